The molecule has 0 aliphatic heterocycles. The molecule has 1 aromatic carbocycles. The first-order valence-corrected chi connectivity index (χ1v) is 6.00. The van der Waals surface area contributed by atoms with Gasteiger partial charge in [0, 0.05) is 6.42 Å². The second kappa shape index (κ2) is 6.60. The number of ether oxygens (including phenoxy) is 1. The number of alkyl halides is 3. The minimum Gasteiger partial charge on any atom is -0.376 e. The average Bonchev–Trinajstić information content (AvgIpc) is 2.30. The van der Waals surface area contributed by atoms with Crippen molar-refractivity contribution in [3.8, 4) is 0 Å². The van der Waals surface area contributed by atoms with Crippen LogP contribution in [0.1, 0.15) is 25.3 Å². The molecule has 1 N–H and O–H groups in total. The molecule has 0 spiro atoms. The van der Waals surface area contributed by atoms with E-state index >= 15 is 0 Å². The second-order valence-corrected chi connectivity index (χ2v) is 4.24. The highest BCUT2D eigenvalue weighted by Gasteiger charge is 2.31. The molecule has 8 heteroatoms. The standard InChI is InChI=1S/C12H11ClF3NO3/c1-2-3-10(18)20-11(19)17-9-6-7(12(14,15)16)4-5-8(9)13/h4-6H,2-3H2,1H3,(H,17,19). The predicted octanol–water partition coefficient (Wildman–Crippen LogP) is 4.23. The molecule has 0 fully saturated rings. The molecule has 0 atom stereocenters. The van der Waals surface area contributed by atoms with Crippen LogP contribution < -0.4 is 5.32 Å². The van der Waals surface area contributed by atoms with Crippen LogP contribution in [0.3, 0.4) is 0 Å². The van der Waals surface area contributed by atoms with E-state index in [0.29, 0.717) is 12.5 Å². The number of hydrogen-bond acceptors (Lipinski definition) is 3. The molecule has 4 nitrogen and oxygen atoms in total. The lowest BCUT2D eigenvalue weighted by atomic mass is 10.2. The van der Waals surface area contributed by atoms with Crippen LogP contribution in [0.25, 0.3) is 0 Å². The Hall–Kier alpha value is -1.76. The largest absolute Gasteiger partial charge is 0.419 e. The molecule has 20 heavy (non-hydrogen) atoms. The van der Waals surface area contributed by atoms with Crippen LogP contribution in [-0.2, 0) is 15.7 Å². The lowest BCUT2D eigenvalue weighted by molar-refractivity contribution is -0.138. The zero-order valence-corrected chi connectivity index (χ0v) is 11.1. The number of hydrogen-bond donors (Lipinski definition) is 1. The number of carbonyl (C=O) groups is 2. The third-order valence-corrected chi connectivity index (χ3v) is 2.52. The van der Waals surface area contributed by atoms with Gasteiger partial charge in [0.1, 0.15) is 0 Å². The van der Waals surface area contributed by atoms with Crippen molar-refractivity contribution in [1.29, 1.82) is 0 Å². The van der Waals surface area contributed by atoms with E-state index in [4.69, 9.17) is 11.6 Å². The van der Waals surface area contributed by atoms with Crippen LogP contribution in [0.5, 0.6) is 0 Å². The minimum atomic E-state index is -4.57. The van der Waals surface area contributed by atoms with E-state index in [1.165, 1.54) is 0 Å². The van der Waals surface area contributed by atoms with Crippen molar-refractivity contribution in [3.63, 3.8) is 0 Å². The topological polar surface area (TPSA) is 55.4 Å². The fourth-order valence-corrected chi connectivity index (χ4v) is 1.46. The summed E-state index contributed by atoms with van der Waals surface area (Å²) in [5, 5.41) is 1.90. The van der Waals surface area contributed by atoms with E-state index in [1.807, 2.05) is 5.32 Å². The molecule has 0 aromatic heterocycles. The van der Waals surface area contributed by atoms with E-state index in [2.05, 4.69) is 4.74 Å². The quantitative estimate of drug-likeness (QED) is 0.671. The molecule has 0 aliphatic carbocycles. The molecule has 0 heterocycles. The van der Waals surface area contributed by atoms with Crippen LogP contribution in [0, 0.1) is 0 Å². The monoisotopic (exact) mass is 309 g/mol. The summed E-state index contributed by atoms with van der Waals surface area (Å²) < 4.78 is 41.9. The van der Waals surface area contributed by atoms with Crippen molar-refractivity contribution in [2.24, 2.45) is 0 Å². The van der Waals surface area contributed by atoms with E-state index in [9.17, 15) is 22.8 Å². The maximum atomic E-state index is 12.5. The summed E-state index contributed by atoms with van der Waals surface area (Å²) in [6.45, 7) is 1.71. The predicted molar refractivity (Wildman–Crippen MR) is 66.5 cm³/mol. The maximum Gasteiger partial charge on any atom is 0.419 e. The fourth-order valence-electron chi connectivity index (χ4n) is 1.29. The summed E-state index contributed by atoms with van der Waals surface area (Å²) in [7, 11) is 0. The molecule has 0 aliphatic rings. The van der Waals surface area contributed by atoms with E-state index in [1.54, 1.807) is 6.92 Å². The van der Waals surface area contributed by atoms with Crippen LogP contribution in [-0.4, -0.2) is 12.1 Å². The molecular weight excluding hydrogens is 299 g/mol. The van der Waals surface area contributed by atoms with Gasteiger partial charge in [-0.2, -0.15) is 13.2 Å². The Morgan fingerprint density at radius 2 is 2.00 bits per heavy atom. The van der Waals surface area contributed by atoms with Gasteiger partial charge in [0.25, 0.3) is 0 Å². The molecule has 110 valence electrons. The molecule has 0 unspecified atom stereocenters. The van der Waals surface area contributed by atoms with Crippen molar-refractivity contribution in [2.45, 2.75) is 25.9 Å². The number of amides is 1. The van der Waals surface area contributed by atoms with Crippen molar-refractivity contribution in [2.75, 3.05) is 5.32 Å². The van der Waals surface area contributed by atoms with Crippen molar-refractivity contribution < 1.29 is 27.5 Å². The third-order valence-electron chi connectivity index (χ3n) is 2.19. The van der Waals surface area contributed by atoms with Gasteiger partial charge in [-0.25, -0.2) is 4.79 Å². The van der Waals surface area contributed by atoms with Gasteiger partial charge in [-0.3, -0.25) is 10.1 Å². The first-order chi connectivity index (χ1) is 9.24. The van der Waals surface area contributed by atoms with Crippen LogP contribution in [0.15, 0.2) is 18.2 Å². The van der Waals surface area contributed by atoms with Crippen LogP contribution >= 0.6 is 11.6 Å². The molecule has 0 bridgehead atoms. The number of carbonyl (C=O) groups excluding carboxylic acids is 2. The first-order valence-electron chi connectivity index (χ1n) is 5.62. The summed E-state index contributed by atoms with van der Waals surface area (Å²) in [6, 6.07) is 2.43. The van der Waals surface area contributed by atoms with Gasteiger partial charge in [-0.05, 0) is 24.6 Å². The highest BCUT2D eigenvalue weighted by molar-refractivity contribution is 6.33. The third kappa shape index (κ3) is 4.73. The second-order valence-electron chi connectivity index (χ2n) is 3.83. The van der Waals surface area contributed by atoms with Crippen molar-refractivity contribution in [3.05, 3.63) is 28.8 Å². The Morgan fingerprint density at radius 3 is 2.55 bits per heavy atom. The number of esters is 1. The Morgan fingerprint density at radius 1 is 1.35 bits per heavy atom. The number of rotatable bonds is 3. The van der Waals surface area contributed by atoms with Gasteiger partial charge in [-0.15, -0.1) is 0 Å². The Labute approximate surface area is 117 Å². The molecule has 1 rings (SSSR count). The maximum absolute atomic E-state index is 12.5. The van der Waals surface area contributed by atoms with Gasteiger partial charge in [0.05, 0.1) is 16.3 Å². The number of halogens is 4. The van der Waals surface area contributed by atoms with E-state index < -0.39 is 23.8 Å². The van der Waals surface area contributed by atoms with Crippen LogP contribution in [0.4, 0.5) is 23.7 Å². The van der Waals surface area contributed by atoms with E-state index in [-0.39, 0.29) is 17.1 Å². The average molecular weight is 310 g/mol. The van der Waals surface area contributed by atoms with Crippen molar-refractivity contribution >= 4 is 29.4 Å². The normalized spacial score (nSPS) is 11.1. The van der Waals surface area contributed by atoms with Gasteiger partial charge in [-0.1, -0.05) is 18.5 Å². The fraction of sp³-hybridized carbons (Fsp3) is 0.333. The summed E-state index contributed by atoms with van der Waals surface area (Å²) in [5.41, 5.74) is -1.26. The molecule has 1 aromatic rings. The summed E-state index contributed by atoms with van der Waals surface area (Å²) in [5.74, 6) is -0.770. The number of benzene rings is 1. The summed E-state index contributed by atoms with van der Waals surface area (Å²) >= 11 is 5.67. The highest BCUT2D eigenvalue weighted by atomic mass is 35.5. The SMILES string of the molecule is CCCC(=O)OC(=O)Nc1cc(C(F)(F)F)ccc1Cl. The zero-order chi connectivity index (χ0) is 15.3. The van der Waals surface area contributed by atoms with Gasteiger partial charge in [0.2, 0.25) is 0 Å². The summed E-state index contributed by atoms with van der Waals surface area (Å²) in [4.78, 5) is 22.4. The van der Waals surface area contributed by atoms with E-state index in [0.717, 1.165) is 12.1 Å². The Bertz CT molecular complexity index is 517. The molecule has 0 saturated heterocycles. The molecule has 1 amide bonds. The molecular formula is C12H11ClF3NO3. The van der Waals surface area contributed by atoms with Gasteiger partial charge >= 0.3 is 18.2 Å². The lowest BCUT2D eigenvalue weighted by Crippen LogP contribution is -2.18. The molecule has 0 saturated carbocycles. The number of anilines is 1. The smallest absolute Gasteiger partial charge is 0.376 e. The first kappa shape index (κ1) is 16.3. The Kier molecular flexibility index (Phi) is 5.38. The number of nitrogens with one attached hydrogen (secondary N) is 1. The zero-order valence-electron chi connectivity index (χ0n) is 10.4. The van der Waals surface area contributed by atoms with Gasteiger partial charge in [0.15, 0.2) is 0 Å². The molecule has 0 radical (unpaired) electrons. The van der Waals surface area contributed by atoms with Crippen molar-refractivity contribution in [1.82, 2.24) is 0 Å². The Balaban J connectivity index is 2.81. The summed E-state index contributed by atoms with van der Waals surface area (Å²) in [6.07, 6.45) is -5.23. The van der Waals surface area contributed by atoms with Gasteiger partial charge < -0.3 is 4.74 Å². The highest BCUT2D eigenvalue weighted by Crippen LogP contribution is 2.33. The van der Waals surface area contributed by atoms with Crippen LogP contribution in [0.2, 0.25) is 5.02 Å². The lowest BCUT2D eigenvalue weighted by Gasteiger charge is -2.11. The minimum absolute atomic E-state index is 0.0315.